The maximum absolute atomic E-state index is 12.5. The van der Waals surface area contributed by atoms with Crippen molar-refractivity contribution in [3.05, 3.63) is 41.4 Å². The Labute approximate surface area is 156 Å². The largest absolute Gasteiger partial charge is 0.490 e. The van der Waals surface area contributed by atoms with E-state index < -0.39 is 0 Å². The van der Waals surface area contributed by atoms with E-state index in [-0.39, 0.29) is 24.2 Å². The van der Waals surface area contributed by atoms with Gasteiger partial charge in [-0.2, -0.15) is 5.10 Å². The maximum atomic E-state index is 12.5. The van der Waals surface area contributed by atoms with Crippen LogP contribution in [0.5, 0.6) is 5.75 Å². The molecule has 138 valence electrons. The average molecular weight is 378 g/mol. The van der Waals surface area contributed by atoms with Gasteiger partial charge in [-0.25, -0.2) is 4.98 Å². The fourth-order valence-electron chi connectivity index (χ4n) is 2.90. The van der Waals surface area contributed by atoms with Crippen LogP contribution in [0.25, 0.3) is 0 Å². The zero-order chi connectivity index (χ0) is 18.5. The second-order valence-corrected chi connectivity index (χ2v) is 6.55. The van der Waals surface area contributed by atoms with Crippen LogP contribution in [0.4, 0.5) is 0 Å². The third kappa shape index (κ3) is 4.32. The fraction of sp³-hybridized carbons (Fsp3) is 0.412. The average Bonchev–Trinajstić information content (AvgIpc) is 3.26. The van der Waals surface area contributed by atoms with Gasteiger partial charge in [0.15, 0.2) is 0 Å². The first-order valence-electron chi connectivity index (χ1n) is 8.29. The molecule has 1 aromatic carbocycles. The summed E-state index contributed by atoms with van der Waals surface area (Å²) in [6.45, 7) is 1.47. The molecule has 1 saturated heterocycles. The number of carbonyl (C=O) groups is 2. The number of hydrogen-bond acceptors (Lipinski definition) is 5. The molecule has 0 aliphatic carbocycles. The number of H-pyrrole nitrogens is 1. The van der Waals surface area contributed by atoms with Gasteiger partial charge in [-0.15, -0.1) is 0 Å². The predicted octanol–water partition coefficient (Wildman–Crippen LogP) is 1.34. The van der Waals surface area contributed by atoms with E-state index in [0.29, 0.717) is 42.8 Å². The van der Waals surface area contributed by atoms with Gasteiger partial charge < -0.3 is 14.5 Å². The van der Waals surface area contributed by atoms with E-state index in [2.05, 4.69) is 15.2 Å². The summed E-state index contributed by atoms with van der Waals surface area (Å²) in [6, 6.07) is 7.18. The molecule has 9 heteroatoms. The van der Waals surface area contributed by atoms with E-state index in [1.54, 1.807) is 29.0 Å². The van der Waals surface area contributed by atoms with Crippen LogP contribution in [0.3, 0.4) is 0 Å². The van der Waals surface area contributed by atoms with Gasteiger partial charge in [0.05, 0.1) is 24.0 Å². The molecule has 0 spiro atoms. The van der Waals surface area contributed by atoms with E-state index in [4.69, 9.17) is 16.3 Å². The van der Waals surface area contributed by atoms with Gasteiger partial charge in [-0.1, -0.05) is 23.7 Å². The lowest BCUT2D eigenvalue weighted by Gasteiger charge is -2.20. The molecular weight excluding hydrogens is 358 g/mol. The predicted molar refractivity (Wildman–Crippen MR) is 94.5 cm³/mol. The van der Waals surface area contributed by atoms with E-state index in [9.17, 15) is 9.59 Å². The Morgan fingerprint density at radius 3 is 3.00 bits per heavy atom. The first kappa shape index (κ1) is 18.2. The quantitative estimate of drug-likeness (QED) is 0.786. The molecule has 2 amide bonds. The highest BCUT2D eigenvalue weighted by Gasteiger charge is 2.35. The van der Waals surface area contributed by atoms with Crippen LogP contribution in [0.1, 0.15) is 12.2 Å². The Morgan fingerprint density at radius 2 is 2.27 bits per heavy atom. The van der Waals surface area contributed by atoms with Crippen molar-refractivity contribution in [2.75, 3.05) is 26.7 Å². The summed E-state index contributed by atoms with van der Waals surface area (Å²) in [5.41, 5.74) is 0. The molecule has 1 aliphatic rings. The number of para-hydroxylation sites is 1. The fourth-order valence-corrected chi connectivity index (χ4v) is 3.09. The summed E-state index contributed by atoms with van der Waals surface area (Å²) in [4.78, 5) is 31.9. The second-order valence-electron chi connectivity index (χ2n) is 6.15. The van der Waals surface area contributed by atoms with Crippen LogP contribution in [-0.2, 0) is 16.1 Å². The number of nitrogens with one attached hydrogen (secondary N) is 1. The smallest absolute Gasteiger partial charge is 0.228 e. The van der Waals surface area contributed by atoms with Crippen molar-refractivity contribution in [1.29, 1.82) is 0 Å². The molecule has 3 rings (SSSR count). The molecule has 0 radical (unpaired) electrons. The number of likely N-dealkylation sites (tertiary alicyclic amines) is 1. The zero-order valence-electron chi connectivity index (χ0n) is 14.4. The SMILES string of the molecule is CN(Cc1ncn[nH]1)C(=O)C1CC(=O)N(CCOc2ccccc2Cl)C1. The van der Waals surface area contributed by atoms with Crippen LogP contribution < -0.4 is 4.74 Å². The summed E-state index contributed by atoms with van der Waals surface area (Å²) in [6.07, 6.45) is 1.61. The van der Waals surface area contributed by atoms with Gasteiger partial charge in [0.25, 0.3) is 0 Å². The molecule has 2 aromatic rings. The van der Waals surface area contributed by atoms with Crippen LogP contribution in [0.15, 0.2) is 30.6 Å². The van der Waals surface area contributed by atoms with E-state index in [1.165, 1.54) is 6.33 Å². The van der Waals surface area contributed by atoms with Crippen LogP contribution in [-0.4, -0.2) is 63.5 Å². The molecule has 0 bridgehead atoms. The Kier molecular flexibility index (Phi) is 5.72. The molecule has 1 fully saturated rings. The third-order valence-corrected chi connectivity index (χ3v) is 4.56. The standard InChI is InChI=1S/C17H20ClN5O3/c1-22(10-15-19-11-20-21-15)17(25)12-8-16(24)23(9-12)6-7-26-14-5-3-2-4-13(14)18/h2-5,11-12H,6-10H2,1H3,(H,19,20,21). The van der Waals surface area contributed by atoms with E-state index in [0.717, 1.165) is 0 Å². The molecule has 1 unspecified atom stereocenters. The summed E-state index contributed by atoms with van der Waals surface area (Å²) in [7, 11) is 1.69. The van der Waals surface area contributed by atoms with Gasteiger partial charge in [0.2, 0.25) is 11.8 Å². The number of aromatic nitrogens is 3. The minimum atomic E-state index is -0.351. The Hall–Kier alpha value is -2.61. The molecule has 1 N–H and O–H groups in total. The topological polar surface area (TPSA) is 91.4 Å². The lowest BCUT2D eigenvalue weighted by molar-refractivity contribution is -0.135. The van der Waals surface area contributed by atoms with Gasteiger partial charge >= 0.3 is 0 Å². The normalized spacial score (nSPS) is 16.8. The van der Waals surface area contributed by atoms with Gasteiger partial charge in [-0.3, -0.25) is 14.7 Å². The number of nitrogens with zero attached hydrogens (tertiary/aromatic N) is 4. The van der Waals surface area contributed by atoms with Crippen molar-refractivity contribution in [3.63, 3.8) is 0 Å². The first-order chi connectivity index (χ1) is 12.5. The van der Waals surface area contributed by atoms with Crippen molar-refractivity contribution in [2.24, 2.45) is 5.92 Å². The highest BCUT2D eigenvalue weighted by molar-refractivity contribution is 6.32. The minimum absolute atomic E-state index is 0.0424. The number of carbonyl (C=O) groups excluding carboxylic acids is 2. The third-order valence-electron chi connectivity index (χ3n) is 4.25. The van der Waals surface area contributed by atoms with Crippen molar-refractivity contribution >= 4 is 23.4 Å². The highest BCUT2D eigenvalue weighted by Crippen LogP contribution is 2.24. The molecule has 1 atom stereocenters. The van der Waals surface area contributed by atoms with Crippen molar-refractivity contribution < 1.29 is 14.3 Å². The highest BCUT2D eigenvalue weighted by atomic mass is 35.5. The van der Waals surface area contributed by atoms with Gasteiger partial charge in [-0.05, 0) is 12.1 Å². The van der Waals surface area contributed by atoms with Crippen molar-refractivity contribution in [1.82, 2.24) is 25.0 Å². The molecular formula is C17H20ClN5O3. The number of amides is 2. The van der Waals surface area contributed by atoms with E-state index >= 15 is 0 Å². The van der Waals surface area contributed by atoms with E-state index in [1.807, 2.05) is 12.1 Å². The number of halogens is 1. The molecule has 0 saturated carbocycles. The monoisotopic (exact) mass is 377 g/mol. The number of hydrogen-bond donors (Lipinski definition) is 1. The van der Waals surface area contributed by atoms with Gasteiger partial charge in [0.1, 0.15) is 24.5 Å². The summed E-state index contributed by atoms with van der Waals surface area (Å²) < 4.78 is 5.62. The molecule has 2 heterocycles. The molecule has 1 aromatic heterocycles. The molecule has 26 heavy (non-hydrogen) atoms. The number of rotatable bonds is 7. The minimum Gasteiger partial charge on any atom is -0.490 e. The molecule has 8 nitrogen and oxygen atoms in total. The first-order valence-corrected chi connectivity index (χ1v) is 8.66. The summed E-state index contributed by atoms with van der Waals surface area (Å²) >= 11 is 6.04. The lowest BCUT2D eigenvalue weighted by atomic mass is 10.1. The van der Waals surface area contributed by atoms with Crippen LogP contribution >= 0.6 is 11.6 Å². The van der Waals surface area contributed by atoms with Gasteiger partial charge in [0, 0.05) is 20.0 Å². The Morgan fingerprint density at radius 1 is 1.46 bits per heavy atom. The second kappa shape index (κ2) is 8.18. The van der Waals surface area contributed by atoms with Crippen molar-refractivity contribution in [2.45, 2.75) is 13.0 Å². The number of benzene rings is 1. The maximum Gasteiger partial charge on any atom is 0.228 e. The lowest BCUT2D eigenvalue weighted by Crippen LogP contribution is -2.35. The van der Waals surface area contributed by atoms with Crippen LogP contribution in [0, 0.1) is 5.92 Å². The number of aromatic amines is 1. The van der Waals surface area contributed by atoms with Crippen molar-refractivity contribution in [3.8, 4) is 5.75 Å². The Balaban J connectivity index is 1.48. The summed E-state index contributed by atoms with van der Waals surface area (Å²) in [5, 5.41) is 7.01. The van der Waals surface area contributed by atoms with Crippen LogP contribution in [0.2, 0.25) is 5.02 Å². The Bertz CT molecular complexity index is 768. The molecule has 1 aliphatic heterocycles. The summed E-state index contributed by atoms with van der Waals surface area (Å²) in [5.74, 6) is 0.717. The number of ether oxygens (including phenoxy) is 1. The zero-order valence-corrected chi connectivity index (χ0v) is 15.1.